The van der Waals surface area contributed by atoms with E-state index in [1.807, 2.05) is 31.5 Å². The number of thiazole rings is 1. The van der Waals surface area contributed by atoms with E-state index in [0.29, 0.717) is 0 Å². The van der Waals surface area contributed by atoms with Crippen LogP contribution >= 0.6 is 11.3 Å². The van der Waals surface area contributed by atoms with Crippen LogP contribution in [0.15, 0.2) is 55.2 Å². The van der Waals surface area contributed by atoms with Gasteiger partial charge in [0.1, 0.15) is 12.1 Å². The van der Waals surface area contributed by atoms with Crippen LogP contribution in [-0.4, -0.2) is 19.9 Å². The van der Waals surface area contributed by atoms with Crippen LogP contribution in [0.4, 0.5) is 10.9 Å². The van der Waals surface area contributed by atoms with E-state index >= 15 is 0 Å². The second kappa shape index (κ2) is 5.73. The maximum atomic E-state index is 4.59. The average molecular weight is 319 g/mol. The van der Waals surface area contributed by atoms with Crippen LogP contribution in [-0.2, 0) is 0 Å². The minimum absolute atomic E-state index is 0.738. The van der Waals surface area contributed by atoms with Crippen molar-refractivity contribution in [1.82, 2.24) is 19.9 Å². The monoisotopic (exact) mass is 319 g/mol. The third-order valence-corrected chi connectivity index (χ3v) is 4.35. The lowest BCUT2D eigenvalue weighted by molar-refractivity contribution is 1.16. The van der Waals surface area contributed by atoms with Crippen molar-refractivity contribution in [3.63, 3.8) is 0 Å². The number of anilines is 2. The molecule has 0 bridgehead atoms. The van der Waals surface area contributed by atoms with Crippen molar-refractivity contribution in [2.45, 2.75) is 6.92 Å². The predicted molar refractivity (Wildman–Crippen MR) is 92.9 cm³/mol. The zero-order valence-corrected chi connectivity index (χ0v) is 13.2. The number of rotatable bonds is 3. The smallest absolute Gasteiger partial charge is 0.189 e. The lowest BCUT2D eigenvalue weighted by Gasteiger charge is -2.01. The first kappa shape index (κ1) is 13.8. The summed E-state index contributed by atoms with van der Waals surface area (Å²) >= 11 is 1.60. The van der Waals surface area contributed by atoms with Gasteiger partial charge in [0.2, 0.25) is 0 Å². The summed E-state index contributed by atoms with van der Waals surface area (Å²) < 4.78 is 1.13. The lowest BCUT2D eigenvalue weighted by atomic mass is 10.1. The molecule has 0 aliphatic heterocycles. The van der Waals surface area contributed by atoms with Crippen LogP contribution in [0.25, 0.3) is 21.3 Å². The molecule has 0 aliphatic rings. The Bertz CT molecular complexity index is 965. The van der Waals surface area contributed by atoms with Gasteiger partial charge in [-0.05, 0) is 42.3 Å². The third kappa shape index (κ3) is 2.89. The number of benzene rings is 1. The van der Waals surface area contributed by atoms with Gasteiger partial charge in [0.15, 0.2) is 5.13 Å². The standard InChI is InChI=1S/C17H13N5S/c1-11-6-13(9-19-8-11)12-2-3-14-15(7-12)23-17(21-14)22-16-4-5-18-10-20-16/h2-10H,1H3,(H,18,20,21,22). The minimum atomic E-state index is 0.738. The van der Waals surface area contributed by atoms with E-state index in [0.717, 1.165) is 37.9 Å². The fourth-order valence-electron chi connectivity index (χ4n) is 2.34. The van der Waals surface area contributed by atoms with E-state index in [2.05, 4.69) is 43.5 Å². The molecule has 112 valence electrons. The fourth-order valence-corrected chi connectivity index (χ4v) is 3.26. The summed E-state index contributed by atoms with van der Waals surface area (Å²) in [6, 6.07) is 10.2. The first-order valence-electron chi connectivity index (χ1n) is 7.13. The van der Waals surface area contributed by atoms with Crippen molar-refractivity contribution in [3.8, 4) is 11.1 Å². The number of nitrogens with zero attached hydrogens (tertiary/aromatic N) is 4. The van der Waals surface area contributed by atoms with Gasteiger partial charge in [0.25, 0.3) is 0 Å². The number of fused-ring (bicyclic) bond motifs is 1. The Labute approximate surface area is 137 Å². The molecule has 0 spiro atoms. The average Bonchev–Trinajstić information content (AvgIpc) is 2.97. The zero-order chi connectivity index (χ0) is 15.6. The molecule has 1 aromatic carbocycles. The van der Waals surface area contributed by atoms with Gasteiger partial charge in [-0.15, -0.1) is 0 Å². The summed E-state index contributed by atoms with van der Waals surface area (Å²) in [7, 11) is 0. The van der Waals surface area contributed by atoms with Gasteiger partial charge >= 0.3 is 0 Å². The highest BCUT2D eigenvalue weighted by atomic mass is 32.1. The molecule has 0 saturated carbocycles. The zero-order valence-electron chi connectivity index (χ0n) is 12.4. The Balaban J connectivity index is 1.69. The quantitative estimate of drug-likeness (QED) is 0.613. The maximum Gasteiger partial charge on any atom is 0.189 e. The molecule has 0 amide bonds. The summed E-state index contributed by atoms with van der Waals surface area (Å²) in [5.41, 5.74) is 4.38. The van der Waals surface area contributed by atoms with E-state index in [9.17, 15) is 0 Å². The van der Waals surface area contributed by atoms with E-state index in [1.165, 1.54) is 6.33 Å². The Morgan fingerprint density at radius 3 is 2.78 bits per heavy atom. The molecule has 5 nitrogen and oxygen atoms in total. The Kier molecular flexibility index (Phi) is 3.44. The summed E-state index contributed by atoms with van der Waals surface area (Å²) in [5.74, 6) is 0.738. The van der Waals surface area contributed by atoms with Gasteiger partial charge in [-0.1, -0.05) is 17.4 Å². The second-order valence-electron chi connectivity index (χ2n) is 5.17. The summed E-state index contributed by atoms with van der Waals surface area (Å²) in [5, 5.41) is 4.02. The largest absolute Gasteiger partial charge is 0.316 e. The molecule has 3 aromatic heterocycles. The van der Waals surface area contributed by atoms with Crippen LogP contribution in [0.3, 0.4) is 0 Å². The maximum absolute atomic E-state index is 4.59. The predicted octanol–water partition coefficient (Wildman–Crippen LogP) is 4.20. The molecule has 23 heavy (non-hydrogen) atoms. The van der Waals surface area contributed by atoms with E-state index in [-0.39, 0.29) is 0 Å². The second-order valence-corrected chi connectivity index (χ2v) is 6.20. The normalized spacial score (nSPS) is 10.8. The molecule has 4 rings (SSSR count). The molecule has 0 aliphatic carbocycles. The number of aryl methyl sites for hydroxylation is 1. The summed E-state index contributed by atoms with van der Waals surface area (Å²) in [4.78, 5) is 16.9. The number of hydrogen-bond acceptors (Lipinski definition) is 6. The van der Waals surface area contributed by atoms with Gasteiger partial charge in [0, 0.05) is 24.2 Å². The van der Waals surface area contributed by atoms with Crippen LogP contribution in [0.1, 0.15) is 5.56 Å². The Morgan fingerprint density at radius 1 is 1.00 bits per heavy atom. The van der Waals surface area contributed by atoms with Crippen molar-refractivity contribution in [1.29, 1.82) is 0 Å². The highest BCUT2D eigenvalue weighted by molar-refractivity contribution is 7.22. The van der Waals surface area contributed by atoms with Crippen LogP contribution in [0.5, 0.6) is 0 Å². The number of nitrogens with one attached hydrogen (secondary N) is 1. The molecule has 0 fully saturated rings. The molecular formula is C17H13N5S. The van der Waals surface area contributed by atoms with E-state index in [4.69, 9.17) is 0 Å². The topological polar surface area (TPSA) is 63.6 Å². The van der Waals surface area contributed by atoms with Gasteiger partial charge in [-0.25, -0.2) is 15.0 Å². The molecule has 6 heteroatoms. The molecule has 0 atom stereocenters. The van der Waals surface area contributed by atoms with Crippen molar-refractivity contribution < 1.29 is 0 Å². The SMILES string of the molecule is Cc1cncc(-c2ccc3nc(Nc4ccncn4)sc3c2)c1. The Hall–Kier alpha value is -2.86. The van der Waals surface area contributed by atoms with Crippen molar-refractivity contribution in [2.75, 3.05) is 5.32 Å². The number of hydrogen-bond donors (Lipinski definition) is 1. The number of aromatic nitrogens is 4. The van der Waals surface area contributed by atoms with Gasteiger partial charge in [-0.2, -0.15) is 0 Å². The van der Waals surface area contributed by atoms with Crippen LogP contribution < -0.4 is 5.32 Å². The van der Waals surface area contributed by atoms with Crippen molar-refractivity contribution >= 4 is 32.5 Å². The molecule has 3 heterocycles. The van der Waals surface area contributed by atoms with Crippen LogP contribution in [0, 0.1) is 6.92 Å². The van der Waals surface area contributed by atoms with Gasteiger partial charge < -0.3 is 5.32 Å². The van der Waals surface area contributed by atoms with Crippen molar-refractivity contribution in [2.24, 2.45) is 0 Å². The molecule has 4 aromatic rings. The lowest BCUT2D eigenvalue weighted by Crippen LogP contribution is -1.91. The first-order chi connectivity index (χ1) is 11.3. The fraction of sp³-hybridized carbons (Fsp3) is 0.0588. The molecule has 0 unspecified atom stereocenters. The minimum Gasteiger partial charge on any atom is -0.316 e. The third-order valence-electron chi connectivity index (χ3n) is 3.41. The van der Waals surface area contributed by atoms with Crippen LogP contribution in [0.2, 0.25) is 0 Å². The highest BCUT2D eigenvalue weighted by Crippen LogP contribution is 2.31. The molecule has 0 saturated heterocycles. The summed E-state index contributed by atoms with van der Waals surface area (Å²) in [6.07, 6.45) is 6.96. The molecular weight excluding hydrogens is 306 g/mol. The van der Waals surface area contributed by atoms with E-state index < -0.39 is 0 Å². The molecule has 0 radical (unpaired) electrons. The first-order valence-corrected chi connectivity index (χ1v) is 7.95. The highest BCUT2D eigenvalue weighted by Gasteiger charge is 2.07. The summed E-state index contributed by atoms with van der Waals surface area (Å²) in [6.45, 7) is 2.05. The van der Waals surface area contributed by atoms with Crippen molar-refractivity contribution in [3.05, 3.63) is 60.8 Å². The van der Waals surface area contributed by atoms with Gasteiger partial charge in [-0.3, -0.25) is 4.98 Å². The van der Waals surface area contributed by atoms with Gasteiger partial charge in [0.05, 0.1) is 10.2 Å². The molecule has 1 N–H and O–H groups in total. The Morgan fingerprint density at radius 2 is 1.96 bits per heavy atom. The van der Waals surface area contributed by atoms with E-state index in [1.54, 1.807) is 17.5 Å². The number of pyridine rings is 1.